The van der Waals surface area contributed by atoms with Crippen molar-refractivity contribution in [2.75, 3.05) is 5.33 Å². The van der Waals surface area contributed by atoms with Crippen LogP contribution in [0.25, 0.3) is 0 Å². The van der Waals surface area contributed by atoms with Crippen LogP contribution in [0.3, 0.4) is 0 Å². The van der Waals surface area contributed by atoms with Gasteiger partial charge in [0.05, 0.1) is 0 Å². The highest BCUT2D eigenvalue weighted by Crippen LogP contribution is 2.23. The minimum atomic E-state index is -2.09. The highest BCUT2D eigenvalue weighted by molar-refractivity contribution is 9.09. The topological polar surface area (TPSA) is 37.3 Å². The number of alkyl halides is 1. The molecule has 0 radical (unpaired) electrons. The fourth-order valence-electron chi connectivity index (χ4n) is 1.13. The molecular formula is C11H5BrF4O2. The van der Waals surface area contributed by atoms with E-state index in [2.05, 4.69) is 21.9 Å². The molecule has 0 aliphatic carbocycles. The molecule has 0 saturated heterocycles. The van der Waals surface area contributed by atoms with Gasteiger partial charge in [-0.3, -0.25) is 0 Å². The van der Waals surface area contributed by atoms with Crippen LogP contribution < -0.4 is 0 Å². The standard InChI is InChI=1S/C11H5BrF4O2/c12-4-2-1-3-5-7(13)9(15)6(11(17)18)10(16)8(5)14/h2,4H2,(H,17,18). The molecule has 1 aromatic rings. The van der Waals surface area contributed by atoms with Crippen molar-refractivity contribution in [3.8, 4) is 11.8 Å². The van der Waals surface area contributed by atoms with Crippen molar-refractivity contribution in [3.05, 3.63) is 34.4 Å². The Labute approximate surface area is 108 Å². The Balaban J connectivity index is 3.50. The zero-order valence-corrected chi connectivity index (χ0v) is 10.2. The largest absolute Gasteiger partial charge is 0.477 e. The lowest BCUT2D eigenvalue weighted by Crippen LogP contribution is -2.11. The van der Waals surface area contributed by atoms with Crippen molar-refractivity contribution in [2.24, 2.45) is 0 Å². The van der Waals surface area contributed by atoms with E-state index < -0.39 is 40.4 Å². The maximum Gasteiger partial charge on any atom is 0.341 e. The van der Waals surface area contributed by atoms with Crippen LogP contribution in [0.2, 0.25) is 0 Å². The fourth-order valence-corrected chi connectivity index (χ4v) is 1.33. The van der Waals surface area contributed by atoms with E-state index >= 15 is 0 Å². The number of benzene rings is 1. The number of hydrogen-bond donors (Lipinski definition) is 1. The summed E-state index contributed by atoms with van der Waals surface area (Å²) in [6.45, 7) is 0. The Bertz CT molecular complexity index is 531. The summed E-state index contributed by atoms with van der Waals surface area (Å²) in [6, 6.07) is 0. The monoisotopic (exact) mass is 324 g/mol. The molecule has 0 aliphatic rings. The van der Waals surface area contributed by atoms with Gasteiger partial charge in [0, 0.05) is 11.8 Å². The first kappa shape index (κ1) is 14.5. The Morgan fingerprint density at radius 1 is 1.11 bits per heavy atom. The molecule has 0 fully saturated rings. The SMILES string of the molecule is O=C(O)c1c(F)c(F)c(C#CCCBr)c(F)c1F. The van der Waals surface area contributed by atoms with Gasteiger partial charge in [-0.15, -0.1) is 0 Å². The molecule has 0 unspecified atom stereocenters. The van der Waals surface area contributed by atoms with Crippen LogP contribution in [0.5, 0.6) is 0 Å². The minimum Gasteiger partial charge on any atom is -0.477 e. The van der Waals surface area contributed by atoms with Gasteiger partial charge in [0.25, 0.3) is 0 Å². The van der Waals surface area contributed by atoms with E-state index in [0.717, 1.165) is 0 Å². The Hall–Kier alpha value is -1.55. The van der Waals surface area contributed by atoms with E-state index in [9.17, 15) is 22.4 Å². The number of carboxylic acids is 1. The average Bonchev–Trinajstić information content (AvgIpc) is 2.31. The summed E-state index contributed by atoms with van der Waals surface area (Å²) in [6.07, 6.45) is 0.211. The van der Waals surface area contributed by atoms with Crippen LogP contribution in [0, 0.1) is 35.1 Å². The van der Waals surface area contributed by atoms with Gasteiger partial charge in [-0.25, -0.2) is 22.4 Å². The molecule has 0 heterocycles. The maximum absolute atomic E-state index is 13.3. The molecular weight excluding hydrogens is 320 g/mol. The summed E-state index contributed by atoms with van der Waals surface area (Å²) < 4.78 is 53.1. The predicted octanol–water partition coefficient (Wildman–Crippen LogP) is 3.08. The zero-order chi connectivity index (χ0) is 13.9. The van der Waals surface area contributed by atoms with E-state index in [1.807, 2.05) is 5.92 Å². The lowest BCUT2D eigenvalue weighted by atomic mass is 10.1. The molecule has 0 amide bonds. The molecule has 1 rings (SSSR count). The summed E-state index contributed by atoms with van der Waals surface area (Å²) in [5.74, 6) is -5.45. The number of carboxylic acid groups (broad SMARTS) is 1. The van der Waals surface area contributed by atoms with Gasteiger partial charge in [-0.2, -0.15) is 0 Å². The molecule has 0 bridgehead atoms. The van der Waals surface area contributed by atoms with Gasteiger partial charge in [0.2, 0.25) is 0 Å². The second-order valence-corrected chi connectivity index (χ2v) is 3.84. The number of rotatable bonds is 2. The Morgan fingerprint density at radius 3 is 2.00 bits per heavy atom. The third-order valence-electron chi connectivity index (χ3n) is 1.91. The highest BCUT2D eigenvalue weighted by atomic mass is 79.9. The second-order valence-electron chi connectivity index (χ2n) is 3.05. The molecule has 0 atom stereocenters. The number of carbonyl (C=O) groups is 1. The van der Waals surface area contributed by atoms with E-state index in [4.69, 9.17) is 5.11 Å². The molecule has 0 saturated carbocycles. The van der Waals surface area contributed by atoms with Gasteiger partial charge in [0.1, 0.15) is 11.1 Å². The Morgan fingerprint density at radius 2 is 1.61 bits per heavy atom. The van der Waals surface area contributed by atoms with E-state index in [-0.39, 0.29) is 6.42 Å². The molecule has 0 aliphatic heterocycles. The average molecular weight is 325 g/mol. The molecule has 0 spiro atoms. The van der Waals surface area contributed by atoms with Crippen molar-refractivity contribution < 1.29 is 27.5 Å². The summed E-state index contributed by atoms with van der Waals surface area (Å²) in [5, 5.41) is 8.86. The summed E-state index contributed by atoms with van der Waals surface area (Å²) in [5.41, 5.74) is -2.79. The minimum absolute atomic E-state index is 0.211. The molecule has 96 valence electrons. The zero-order valence-electron chi connectivity index (χ0n) is 8.66. The second kappa shape index (κ2) is 5.87. The van der Waals surface area contributed by atoms with Gasteiger partial charge in [-0.05, 0) is 0 Å². The van der Waals surface area contributed by atoms with Crippen molar-refractivity contribution >= 4 is 21.9 Å². The summed E-state index contributed by atoms with van der Waals surface area (Å²) in [7, 11) is 0. The molecule has 2 nitrogen and oxygen atoms in total. The third kappa shape index (κ3) is 2.64. The van der Waals surface area contributed by atoms with Gasteiger partial charge < -0.3 is 5.11 Å². The molecule has 0 aromatic heterocycles. The first-order valence-corrected chi connectivity index (χ1v) is 5.68. The van der Waals surface area contributed by atoms with Gasteiger partial charge >= 0.3 is 5.97 Å². The third-order valence-corrected chi connectivity index (χ3v) is 2.31. The van der Waals surface area contributed by atoms with Crippen LogP contribution in [0.1, 0.15) is 22.3 Å². The lowest BCUT2D eigenvalue weighted by molar-refractivity contribution is 0.0683. The summed E-state index contributed by atoms with van der Waals surface area (Å²) >= 11 is 3.00. The lowest BCUT2D eigenvalue weighted by Gasteiger charge is -2.05. The fraction of sp³-hybridized carbons (Fsp3) is 0.182. The normalized spacial score (nSPS) is 9.83. The van der Waals surface area contributed by atoms with Crippen LogP contribution in [-0.4, -0.2) is 16.4 Å². The molecule has 18 heavy (non-hydrogen) atoms. The quantitative estimate of drug-likeness (QED) is 0.393. The molecule has 1 N–H and O–H groups in total. The first-order chi connectivity index (χ1) is 8.41. The van der Waals surface area contributed by atoms with Crippen LogP contribution in [0.4, 0.5) is 17.6 Å². The van der Waals surface area contributed by atoms with Gasteiger partial charge in [-0.1, -0.05) is 27.8 Å². The van der Waals surface area contributed by atoms with Crippen LogP contribution in [-0.2, 0) is 0 Å². The number of hydrogen-bond acceptors (Lipinski definition) is 1. The van der Waals surface area contributed by atoms with E-state index in [1.54, 1.807) is 0 Å². The van der Waals surface area contributed by atoms with E-state index in [1.165, 1.54) is 0 Å². The number of halogens is 5. The highest BCUT2D eigenvalue weighted by Gasteiger charge is 2.28. The summed E-state index contributed by atoms with van der Waals surface area (Å²) in [4.78, 5) is 10.5. The number of aromatic carboxylic acids is 1. The van der Waals surface area contributed by atoms with Gasteiger partial charge in [0.15, 0.2) is 23.3 Å². The van der Waals surface area contributed by atoms with Crippen LogP contribution in [0.15, 0.2) is 0 Å². The maximum atomic E-state index is 13.3. The first-order valence-electron chi connectivity index (χ1n) is 4.55. The van der Waals surface area contributed by atoms with Crippen molar-refractivity contribution in [1.29, 1.82) is 0 Å². The Kier molecular flexibility index (Phi) is 4.73. The van der Waals surface area contributed by atoms with Crippen molar-refractivity contribution in [1.82, 2.24) is 0 Å². The van der Waals surface area contributed by atoms with E-state index in [0.29, 0.717) is 5.33 Å². The predicted molar refractivity (Wildman–Crippen MR) is 58.5 cm³/mol. The molecule has 7 heteroatoms. The van der Waals surface area contributed by atoms with Crippen molar-refractivity contribution in [2.45, 2.75) is 6.42 Å². The van der Waals surface area contributed by atoms with Crippen LogP contribution >= 0.6 is 15.9 Å². The van der Waals surface area contributed by atoms with Crippen molar-refractivity contribution in [3.63, 3.8) is 0 Å². The molecule has 1 aromatic carbocycles. The smallest absolute Gasteiger partial charge is 0.341 e.